The highest BCUT2D eigenvalue weighted by Crippen LogP contribution is 1.76. The topological polar surface area (TPSA) is 60.8 Å². The SMILES string of the molecule is CN(C)CCCN.O. The second-order valence-electron chi connectivity index (χ2n) is 1.95. The Hall–Kier alpha value is -0.120. The molecule has 0 unspecified atom stereocenters. The molecule has 8 heavy (non-hydrogen) atoms. The van der Waals surface area contributed by atoms with E-state index in [1.807, 2.05) is 0 Å². The van der Waals surface area contributed by atoms with Crippen LogP contribution in [0.3, 0.4) is 0 Å². The zero-order valence-corrected chi connectivity index (χ0v) is 5.65. The molecule has 0 rings (SSSR count). The fourth-order valence-electron chi connectivity index (χ4n) is 0.408. The monoisotopic (exact) mass is 120 g/mol. The third-order valence-corrected chi connectivity index (χ3v) is 0.809. The smallest absolute Gasteiger partial charge is 0.00128 e. The summed E-state index contributed by atoms with van der Waals surface area (Å²) in [7, 11) is 4.10. The first-order chi connectivity index (χ1) is 3.27. The molecule has 0 atom stereocenters. The summed E-state index contributed by atoms with van der Waals surface area (Å²) in [4.78, 5) is 2.13. The molecule has 0 radical (unpaired) electrons. The van der Waals surface area contributed by atoms with Crippen LogP contribution in [0.2, 0.25) is 0 Å². The second kappa shape index (κ2) is 6.88. The van der Waals surface area contributed by atoms with E-state index in [-0.39, 0.29) is 5.48 Å². The van der Waals surface area contributed by atoms with Crippen molar-refractivity contribution in [1.82, 2.24) is 4.90 Å². The summed E-state index contributed by atoms with van der Waals surface area (Å²) in [6, 6.07) is 0. The number of hydrogen-bond acceptors (Lipinski definition) is 2. The highest BCUT2D eigenvalue weighted by molar-refractivity contribution is 4.42. The van der Waals surface area contributed by atoms with Gasteiger partial charge in [0.2, 0.25) is 0 Å². The molecule has 0 aromatic carbocycles. The fraction of sp³-hybridized carbons (Fsp3) is 1.00. The van der Waals surface area contributed by atoms with Crippen LogP contribution in [0.25, 0.3) is 0 Å². The van der Waals surface area contributed by atoms with Gasteiger partial charge in [-0.15, -0.1) is 0 Å². The Balaban J connectivity index is 0. The van der Waals surface area contributed by atoms with Crippen LogP contribution in [-0.2, 0) is 0 Å². The van der Waals surface area contributed by atoms with Gasteiger partial charge < -0.3 is 16.1 Å². The summed E-state index contributed by atoms with van der Waals surface area (Å²) in [6.45, 7) is 1.91. The Kier molecular flexibility index (Phi) is 9.28. The van der Waals surface area contributed by atoms with Crippen molar-refractivity contribution in [3.05, 3.63) is 0 Å². The van der Waals surface area contributed by atoms with E-state index in [2.05, 4.69) is 19.0 Å². The Morgan fingerprint density at radius 1 is 1.38 bits per heavy atom. The Labute approximate surface area is 50.8 Å². The van der Waals surface area contributed by atoms with Crippen molar-refractivity contribution >= 4 is 0 Å². The van der Waals surface area contributed by atoms with Crippen LogP contribution >= 0.6 is 0 Å². The lowest BCUT2D eigenvalue weighted by Crippen LogP contribution is -2.16. The number of rotatable bonds is 3. The highest BCUT2D eigenvalue weighted by Gasteiger charge is 1.83. The van der Waals surface area contributed by atoms with Gasteiger partial charge in [-0.2, -0.15) is 0 Å². The van der Waals surface area contributed by atoms with Gasteiger partial charge in [-0.1, -0.05) is 0 Å². The van der Waals surface area contributed by atoms with Crippen molar-refractivity contribution in [1.29, 1.82) is 0 Å². The molecule has 0 heterocycles. The maximum atomic E-state index is 5.25. The van der Waals surface area contributed by atoms with Gasteiger partial charge in [-0.25, -0.2) is 0 Å². The van der Waals surface area contributed by atoms with Crippen molar-refractivity contribution in [3.63, 3.8) is 0 Å². The van der Waals surface area contributed by atoms with Crippen LogP contribution in [0.5, 0.6) is 0 Å². The molecule has 0 spiro atoms. The molecule has 3 heteroatoms. The van der Waals surface area contributed by atoms with Gasteiger partial charge in [0, 0.05) is 0 Å². The molecule has 0 aromatic heterocycles. The van der Waals surface area contributed by atoms with E-state index < -0.39 is 0 Å². The van der Waals surface area contributed by atoms with Gasteiger partial charge in [0.1, 0.15) is 0 Å². The summed E-state index contributed by atoms with van der Waals surface area (Å²) >= 11 is 0. The lowest BCUT2D eigenvalue weighted by atomic mass is 10.4. The van der Waals surface area contributed by atoms with Crippen LogP contribution in [-0.4, -0.2) is 37.6 Å². The van der Waals surface area contributed by atoms with E-state index >= 15 is 0 Å². The summed E-state index contributed by atoms with van der Waals surface area (Å²) < 4.78 is 0. The maximum Gasteiger partial charge on any atom is -0.00128 e. The summed E-state index contributed by atoms with van der Waals surface area (Å²) in [5, 5.41) is 0. The van der Waals surface area contributed by atoms with Gasteiger partial charge in [-0.05, 0) is 33.6 Å². The van der Waals surface area contributed by atoms with Crippen molar-refractivity contribution in [2.45, 2.75) is 6.42 Å². The van der Waals surface area contributed by atoms with E-state index in [1.165, 1.54) is 0 Å². The molecule has 4 N–H and O–H groups in total. The molecule has 0 bridgehead atoms. The molecule has 3 nitrogen and oxygen atoms in total. The normalized spacial score (nSPS) is 9.00. The van der Waals surface area contributed by atoms with Gasteiger partial charge in [0.05, 0.1) is 0 Å². The molecular formula is C5H16N2O. The van der Waals surface area contributed by atoms with E-state index in [0.29, 0.717) is 0 Å². The molecule has 52 valence electrons. The Morgan fingerprint density at radius 2 is 1.88 bits per heavy atom. The molecule has 0 saturated carbocycles. The minimum Gasteiger partial charge on any atom is -0.412 e. The molecule has 0 aromatic rings. The van der Waals surface area contributed by atoms with E-state index in [4.69, 9.17) is 5.73 Å². The first-order valence-corrected chi connectivity index (χ1v) is 2.62. The average Bonchev–Trinajstić information content (AvgIpc) is 1.61. The molecule has 0 aliphatic carbocycles. The third kappa shape index (κ3) is 9.30. The molecule has 0 saturated heterocycles. The Bertz CT molecular complexity index is 39.4. The minimum atomic E-state index is 0. The van der Waals surface area contributed by atoms with Gasteiger partial charge in [-0.3, -0.25) is 0 Å². The van der Waals surface area contributed by atoms with Crippen molar-refractivity contribution in [3.8, 4) is 0 Å². The first-order valence-electron chi connectivity index (χ1n) is 2.62. The maximum absolute atomic E-state index is 5.25. The summed E-state index contributed by atoms with van der Waals surface area (Å²) in [5.41, 5.74) is 5.25. The molecule has 0 aliphatic rings. The average molecular weight is 120 g/mol. The number of nitrogens with two attached hydrogens (primary N) is 1. The van der Waals surface area contributed by atoms with Crippen molar-refractivity contribution < 1.29 is 5.48 Å². The van der Waals surface area contributed by atoms with Crippen LogP contribution in [0.15, 0.2) is 0 Å². The van der Waals surface area contributed by atoms with Crippen LogP contribution < -0.4 is 5.73 Å². The standard InChI is InChI=1S/C5H14N2.H2O/c1-7(2)5-3-4-6;/h3-6H2,1-2H3;1H2. The molecule has 0 amide bonds. The largest absolute Gasteiger partial charge is 0.412 e. The minimum absolute atomic E-state index is 0. The van der Waals surface area contributed by atoms with Crippen molar-refractivity contribution in [2.75, 3.05) is 27.2 Å². The van der Waals surface area contributed by atoms with Crippen LogP contribution in [0, 0.1) is 0 Å². The molecule has 0 aliphatic heterocycles. The zero-order chi connectivity index (χ0) is 5.70. The predicted molar refractivity (Wildman–Crippen MR) is 35.8 cm³/mol. The number of nitrogens with zero attached hydrogens (tertiary/aromatic N) is 1. The van der Waals surface area contributed by atoms with Crippen molar-refractivity contribution in [2.24, 2.45) is 5.73 Å². The van der Waals surface area contributed by atoms with Gasteiger partial charge in [0.25, 0.3) is 0 Å². The quantitative estimate of drug-likeness (QED) is 0.523. The predicted octanol–water partition coefficient (Wildman–Crippen LogP) is -0.928. The van der Waals surface area contributed by atoms with Gasteiger partial charge >= 0.3 is 0 Å². The van der Waals surface area contributed by atoms with Crippen LogP contribution in [0.4, 0.5) is 0 Å². The number of hydrogen-bond donors (Lipinski definition) is 1. The first kappa shape index (κ1) is 10.8. The third-order valence-electron chi connectivity index (χ3n) is 0.809. The summed E-state index contributed by atoms with van der Waals surface area (Å²) in [5.74, 6) is 0. The molecule has 0 fully saturated rings. The lowest BCUT2D eigenvalue weighted by molar-refractivity contribution is 0.403. The zero-order valence-electron chi connectivity index (χ0n) is 5.65. The highest BCUT2D eigenvalue weighted by atomic mass is 16.0. The van der Waals surface area contributed by atoms with E-state index in [0.717, 1.165) is 19.5 Å². The van der Waals surface area contributed by atoms with E-state index in [1.54, 1.807) is 0 Å². The molecular weight excluding hydrogens is 104 g/mol. The summed E-state index contributed by atoms with van der Waals surface area (Å²) in [6.07, 6.45) is 1.10. The van der Waals surface area contributed by atoms with Gasteiger partial charge in [0.15, 0.2) is 0 Å². The Morgan fingerprint density at radius 3 is 2.00 bits per heavy atom. The second-order valence-corrected chi connectivity index (χ2v) is 1.95. The van der Waals surface area contributed by atoms with E-state index in [9.17, 15) is 0 Å². The fourth-order valence-corrected chi connectivity index (χ4v) is 0.408. The van der Waals surface area contributed by atoms with Crippen LogP contribution in [0.1, 0.15) is 6.42 Å². The lowest BCUT2D eigenvalue weighted by Gasteiger charge is -2.05.